The van der Waals surface area contributed by atoms with Crippen molar-refractivity contribution in [3.8, 4) is 11.3 Å². The van der Waals surface area contributed by atoms with E-state index in [-0.39, 0.29) is 17.9 Å². The summed E-state index contributed by atoms with van der Waals surface area (Å²) >= 11 is 0. The zero-order chi connectivity index (χ0) is 19.2. The van der Waals surface area contributed by atoms with Gasteiger partial charge in [0.05, 0.1) is 6.54 Å². The summed E-state index contributed by atoms with van der Waals surface area (Å²) in [5.74, 6) is -1.95. The topological polar surface area (TPSA) is 76.2 Å². The van der Waals surface area contributed by atoms with Gasteiger partial charge in [-0.15, -0.1) is 0 Å². The number of hydrogen-bond donors (Lipinski definition) is 2. The molecule has 0 saturated carbocycles. The molecule has 0 aliphatic carbocycles. The van der Waals surface area contributed by atoms with Gasteiger partial charge in [-0.05, 0) is 13.8 Å². The summed E-state index contributed by atoms with van der Waals surface area (Å²) in [6, 6.07) is 8.18. The zero-order valence-corrected chi connectivity index (χ0v) is 14.4. The molecule has 1 aromatic heterocycles. The van der Waals surface area contributed by atoms with Crippen molar-refractivity contribution in [2.24, 2.45) is 0 Å². The molecule has 142 valence electrons. The maximum absolute atomic E-state index is 13.0. The minimum absolute atomic E-state index is 0.00485. The van der Waals surface area contributed by atoms with Crippen LogP contribution >= 0.6 is 0 Å². The highest BCUT2D eigenvalue weighted by Gasteiger charge is 2.37. The van der Waals surface area contributed by atoms with Crippen molar-refractivity contribution in [3.05, 3.63) is 41.9 Å². The number of alkyl halides is 3. The van der Waals surface area contributed by atoms with Crippen molar-refractivity contribution in [2.75, 3.05) is 19.8 Å². The average molecular weight is 371 g/mol. The monoisotopic (exact) mass is 371 g/mol. The average Bonchev–Trinajstić information content (AvgIpc) is 3.06. The van der Waals surface area contributed by atoms with E-state index in [0.717, 1.165) is 0 Å². The van der Waals surface area contributed by atoms with E-state index in [1.807, 2.05) is 0 Å². The van der Waals surface area contributed by atoms with Gasteiger partial charge in [-0.1, -0.05) is 30.3 Å². The van der Waals surface area contributed by atoms with Crippen LogP contribution in [0.3, 0.4) is 0 Å². The summed E-state index contributed by atoms with van der Waals surface area (Å²) in [6.45, 7) is 4.28. The third-order valence-corrected chi connectivity index (χ3v) is 3.38. The number of carbonyl (C=O) groups is 1. The van der Waals surface area contributed by atoms with Crippen molar-refractivity contribution >= 4 is 5.91 Å². The van der Waals surface area contributed by atoms with E-state index in [2.05, 4.69) is 15.3 Å². The second-order valence-electron chi connectivity index (χ2n) is 5.22. The summed E-state index contributed by atoms with van der Waals surface area (Å²) in [6.07, 6.45) is -5.37. The molecule has 0 fully saturated rings. The summed E-state index contributed by atoms with van der Waals surface area (Å²) in [5, 5.41) is 2.52. The second kappa shape index (κ2) is 8.81. The Morgan fingerprint density at radius 3 is 2.35 bits per heavy atom. The first-order chi connectivity index (χ1) is 12.4. The van der Waals surface area contributed by atoms with E-state index in [1.54, 1.807) is 44.2 Å². The first-order valence-corrected chi connectivity index (χ1v) is 8.10. The number of benzene rings is 1. The number of nitrogens with one attached hydrogen (secondary N) is 2. The van der Waals surface area contributed by atoms with E-state index < -0.39 is 24.2 Å². The number of halogens is 3. The van der Waals surface area contributed by atoms with Crippen LogP contribution in [-0.2, 0) is 15.7 Å². The molecule has 9 heteroatoms. The molecule has 0 bridgehead atoms. The summed E-state index contributed by atoms with van der Waals surface area (Å²) in [7, 11) is 0. The maximum atomic E-state index is 13.0. The molecule has 0 spiro atoms. The lowest BCUT2D eigenvalue weighted by atomic mass is 10.1. The van der Waals surface area contributed by atoms with Gasteiger partial charge in [-0.3, -0.25) is 4.79 Å². The van der Waals surface area contributed by atoms with Gasteiger partial charge in [-0.25, -0.2) is 4.98 Å². The third kappa shape index (κ3) is 5.06. The van der Waals surface area contributed by atoms with Gasteiger partial charge in [0.1, 0.15) is 11.4 Å². The van der Waals surface area contributed by atoms with Gasteiger partial charge in [0.15, 0.2) is 6.29 Å². The Morgan fingerprint density at radius 2 is 1.81 bits per heavy atom. The van der Waals surface area contributed by atoms with Gasteiger partial charge < -0.3 is 19.8 Å². The predicted molar refractivity (Wildman–Crippen MR) is 88.4 cm³/mol. The largest absolute Gasteiger partial charge is 0.449 e. The minimum Gasteiger partial charge on any atom is -0.351 e. The van der Waals surface area contributed by atoms with E-state index in [4.69, 9.17) is 9.47 Å². The molecule has 0 radical (unpaired) electrons. The summed E-state index contributed by atoms with van der Waals surface area (Å²) in [4.78, 5) is 18.1. The molecule has 6 nitrogen and oxygen atoms in total. The lowest BCUT2D eigenvalue weighted by Crippen LogP contribution is -2.35. The molecule has 2 aromatic rings. The van der Waals surface area contributed by atoms with Gasteiger partial charge in [-0.2, -0.15) is 13.2 Å². The molecule has 1 amide bonds. The second-order valence-corrected chi connectivity index (χ2v) is 5.22. The van der Waals surface area contributed by atoms with E-state index in [1.165, 1.54) is 0 Å². The molecule has 2 N–H and O–H groups in total. The molecule has 2 rings (SSSR count). The van der Waals surface area contributed by atoms with Crippen LogP contribution in [0.5, 0.6) is 0 Å². The molecule has 0 unspecified atom stereocenters. The SMILES string of the molecule is CCOC(CNC(=O)c1[nH]c(C(F)(F)F)nc1-c1ccccc1)OCC. The molecule has 1 heterocycles. The number of amides is 1. The van der Waals surface area contributed by atoms with Crippen LogP contribution in [0.25, 0.3) is 11.3 Å². The fourth-order valence-electron chi connectivity index (χ4n) is 2.28. The molecular weight excluding hydrogens is 351 g/mol. The standard InChI is InChI=1S/C17H20F3N3O3/c1-3-25-12(26-4-2)10-21-15(24)14-13(11-8-6-5-7-9-11)22-16(23-14)17(18,19)20/h5-9,12H,3-4,10H2,1-2H3,(H,21,24)(H,22,23). The number of ether oxygens (including phenoxy) is 2. The number of imidazole rings is 1. The van der Waals surface area contributed by atoms with Crippen LogP contribution in [0.4, 0.5) is 13.2 Å². The first kappa shape index (κ1) is 19.9. The Morgan fingerprint density at radius 1 is 1.19 bits per heavy atom. The van der Waals surface area contributed by atoms with Gasteiger partial charge in [0.25, 0.3) is 5.91 Å². The number of carbonyl (C=O) groups excluding carboxylic acids is 1. The van der Waals surface area contributed by atoms with Crippen LogP contribution < -0.4 is 5.32 Å². The lowest BCUT2D eigenvalue weighted by molar-refractivity contribution is -0.144. The van der Waals surface area contributed by atoms with Crippen LogP contribution in [0.1, 0.15) is 30.2 Å². The summed E-state index contributed by atoms with van der Waals surface area (Å²) < 4.78 is 49.6. The van der Waals surface area contributed by atoms with Crippen molar-refractivity contribution in [1.29, 1.82) is 0 Å². The summed E-state index contributed by atoms with van der Waals surface area (Å²) in [5.41, 5.74) is 0.0608. The van der Waals surface area contributed by atoms with Gasteiger partial charge in [0, 0.05) is 18.8 Å². The highest BCUT2D eigenvalue weighted by molar-refractivity contribution is 5.98. The number of rotatable bonds is 8. The van der Waals surface area contributed by atoms with Crippen molar-refractivity contribution in [3.63, 3.8) is 0 Å². The van der Waals surface area contributed by atoms with Crippen molar-refractivity contribution in [1.82, 2.24) is 15.3 Å². The molecule has 0 aliphatic heterocycles. The maximum Gasteiger partial charge on any atom is 0.449 e. The molecule has 1 aromatic carbocycles. The Kier molecular flexibility index (Phi) is 6.76. The number of H-pyrrole nitrogens is 1. The fraction of sp³-hybridized carbons (Fsp3) is 0.412. The Labute approximate surface area is 148 Å². The van der Waals surface area contributed by atoms with E-state index in [0.29, 0.717) is 18.8 Å². The van der Waals surface area contributed by atoms with E-state index in [9.17, 15) is 18.0 Å². The number of hydrogen-bond acceptors (Lipinski definition) is 4. The van der Waals surface area contributed by atoms with Crippen LogP contribution in [0.15, 0.2) is 30.3 Å². The van der Waals surface area contributed by atoms with Gasteiger partial charge >= 0.3 is 6.18 Å². The van der Waals surface area contributed by atoms with Gasteiger partial charge in [0.2, 0.25) is 5.82 Å². The molecule has 26 heavy (non-hydrogen) atoms. The van der Waals surface area contributed by atoms with Crippen LogP contribution in [-0.4, -0.2) is 41.9 Å². The van der Waals surface area contributed by atoms with Crippen molar-refractivity contribution in [2.45, 2.75) is 26.3 Å². The molecule has 0 aliphatic rings. The zero-order valence-electron chi connectivity index (χ0n) is 14.4. The smallest absolute Gasteiger partial charge is 0.351 e. The van der Waals surface area contributed by atoms with E-state index >= 15 is 0 Å². The molecule has 0 saturated heterocycles. The van der Waals surface area contributed by atoms with Crippen molar-refractivity contribution < 1.29 is 27.4 Å². The molecule has 0 atom stereocenters. The van der Waals surface area contributed by atoms with Crippen LogP contribution in [0, 0.1) is 0 Å². The Hall–Kier alpha value is -2.39. The lowest BCUT2D eigenvalue weighted by Gasteiger charge is -2.17. The Balaban J connectivity index is 2.26. The molecular formula is C17H20F3N3O3. The predicted octanol–water partition coefficient (Wildman–Crippen LogP) is 3.22. The van der Waals surface area contributed by atoms with Crippen LogP contribution in [0.2, 0.25) is 0 Å². The highest BCUT2D eigenvalue weighted by atomic mass is 19.4. The fourth-order valence-corrected chi connectivity index (χ4v) is 2.28. The normalized spacial score (nSPS) is 11.8. The minimum atomic E-state index is -4.69. The number of aromatic nitrogens is 2. The number of nitrogens with zero attached hydrogens (tertiary/aromatic N) is 1. The third-order valence-electron chi connectivity index (χ3n) is 3.38. The number of aromatic amines is 1. The first-order valence-electron chi connectivity index (χ1n) is 8.10. The quantitative estimate of drug-likeness (QED) is 0.699. The highest BCUT2D eigenvalue weighted by Crippen LogP contribution is 2.31. The Bertz CT molecular complexity index is 711.